The summed E-state index contributed by atoms with van der Waals surface area (Å²) in [5, 5.41) is 0. The van der Waals surface area contributed by atoms with E-state index in [-0.39, 0.29) is 18.1 Å². The van der Waals surface area contributed by atoms with E-state index in [9.17, 15) is 12.8 Å². The zero-order chi connectivity index (χ0) is 22.0. The summed E-state index contributed by atoms with van der Waals surface area (Å²) < 4.78 is 60.9. The SMILES string of the molecule is COc1cc(F)ccc1-c1cccc2c1O[C@@H](COS(=O)(=O)c1ccc(C)cc1)CO2. The molecule has 31 heavy (non-hydrogen) atoms. The normalized spacial score (nSPS) is 15.5. The third kappa shape index (κ3) is 4.50. The molecule has 1 atom stereocenters. The lowest BCUT2D eigenvalue weighted by molar-refractivity contribution is 0.0561. The third-order valence-corrected chi connectivity index (χ3v) is 6.16. The van der Waals surface area contributed by atoms with E-state index in [1.807, 2.05) is 6.92 Å². The van der Waals surface area contributed by atoms with E-state index < -0.39 is 22.0 Å². The van der Waals surface area contributed by atoms with E-state index in [1.165, 1.54) is 31.4 Å². The van der Waals surface area contributed by atoms with Crippen LogP contribution in [-0.2, 0) is 14.3 Å². The summed E-state index contributed by atoms with van der Waals surface area (Å²) in [6.07, 6.45) is -0.652. The van der Waals surface area contributed by atoms with Gasteiger partial charge in [0.15, 0.2) is 17.6 Å². The Hall–Kier alpha value is -3.10. The van der Waals surface area contributed by atoms with Gasteiger partial charge in [-0.15, -0.1) is 0 Å². The smallest absolute Gasteiger partial charge is 0.297 e. The largest absolute Gasteiger partial charge is 0.496 e. The van der Waals surface area contributed by atoms with Crippen LogP contribution in [0.15, 0.2) is 65.6 Å². The number of rotatable bonds is 6. The predicted octanol–water partition coefficient (Wildman–Crippen LogP) is 4.36. The molecule has 0 N–H and O–H groups in total. The van der Waals surface area contributed by atoms with E-state index in [1.54, 1.807) is 36.4 Å². The van der Waals surface area contributed by atoms with Gasteiger partial charge in [-0.25, -0.2) is 4.39 Å². The lowest BCUT2D eigenvalue weighted by atomic mass is 10.0. The van der Waals surface area contributed by atoms with Crippen molar-refractivity contribution in [3.8, 4) is 28.4 Å². The summed E-state index contributed by atoms with van der Waals surface area (Å²) in [6.45, 7) is 1.78. The number of fused-ring (bicyclic) bond motifs is 1. The average molecular weight is 444 g/mol. The molecule has 3 aromatic carbocycles. The van der Waals surface area contributed by atoms with Gasteiger partial charge in [0.1, 0.15) is 24.8 Å². The molecule has 162 valence electrons. The van der Waals surface area contributed by atoms with E-state index in [0.29, 0.717) is 28.4 Å². The molecule has 1 aliphatic rings. The highest BCUT2D eigenvalue weighted by Crippen LogP contribution is 2.44. The molecule has 0 saturated carbocycles. The first-order valence-corrected chi connectivity index (χ1v) is 11.0. The average Bonchev–Trinajstić information content (AvgIpc) is 2.77. The molecular weight excluding hydrogens is 423 g/mol. The summed E-state index contributed by atoms with van der Waals surface area (Å²) in [5.74, 6) is 0.842. The minimum atomic E-state index is -3.93. The number of aryl methyl sites for hydroxylation is 1. The second-order valence-corrected chi connectivity index (χ2v) is 8.70. The van der Waals surface area contributed by atoms with Crippen molar-refractivity contribution in [3.63, 3.8) is 0 Å². The Morgan fingerprint density at radius 1 is 1.06 bits per heavy atom. The van der Waals surface area contributed by atoms with Crippen molar-refractivity contribution < 1.29 is 31.2 Å². The fourth-order valence-electron chi connectivity index (χ4n) is 3.25. The van der Waals surface area contributed by atoms with Crippen LogP contribution < -0.4 is 14.2 Å². The Labute approximate surface area is 180 Å². The topological polar surface area (TPSA) is 71.1 Å². The Morgan fingerprint density at radius 2 is 1.84 bits per heavy atom. The Balaban J connectivity index is 1.56. The minimum absolute atomic E-state index is 0.0759. The Morgan fingerprint density at radius 3 is 2.58 bits per heavy atom. The fourth-order valence-corrected chi connectivity index (χ4v) is 4.19. The molecular formula is C23H21FO6S. The number of methoxy groups -OCH3 is 1. The maximum atomic E-state index is 13.6. The van der Waals surface area contributed by atoms with Gasteiger partial charge in [0.05, 0.1) is 12.0 Å². The van der Waals surface area contributed by atoms with Crippen LogP contribution in [-0.4, -0.2) is 34.8 Å². The van der Waals surface area contributed by atoms with Crippen molar-refractivity contribution in [3.05, 3.63) is 72.0 Å². The number of hydrogen-bond acceptors (Lipinski definition) is 6. The molecule has 6 nitrogen and oxygen atoms in total. The lowest BCUT2D eigenvalue weighted by Gasteiger charge is -2.28. The van der Waals surface area contributed by atoms with Crippen molar-refractivity contribution in [2.45, 2.75) is 17.9 Å². The predicted molar refractivity (Wildman–Crippen MR) is 113 cm³/mol. The van der Waals surface area contributed by atoms with Gasteiger partial charge < -0.3 is 14.2 Å². The molecule has 1 heterocycles. The Kier molecular flexibility index (Phi) is 5.84. The third-order valence-electron chi connectivity index (χ3n) is 4.86. The van der Waals surface area contributed by atoms with Crippen LogP contribution in [0.2, 0.25) is 0 Å². The van der Waals surface area contributed by atoms with Gasteiger partial charge in [0.2, 0.25) is 0 Å². The second kappa shape index (κ2) is 8.56. The second-order valence-electron chi connectivity index (χ2n) is 7.08. The van der Waals surface area contributed by atoms with Gasteiger partial charge in [0.25, 0.3) is 10.1 Å². The molecule has 8 heteroatoms. The molecule has 0 aliphatic carbocycles. The van der Waals surface area contributed by atoms with Crippen LogP contribution in [0.1, 0.15) is 5.56 Å². The van der Waals surface area contributed by atoms with Crippen molar-refractivity contribution in [1.29, 1.82) is 0 Å². The summed E-state index contributed by atoms with van der Waals surface area (Å²) in [5.41, 5.74) is 2.21. The standard InChI is InChI=1S/C23H21FO6S/c1-15-6-9-18(10-7-15)31(25,26)29-14-17-13-28-21-5-3-4-20(23(21)30-17)19-11-8-16(24)12-22(19)27-2/h3-12,17H,13-14H2,1-2H3/t17-/m1/s1. The van der Waals surface area contributed by atoms with Crippen molar-refractivity contribution in [2.24, 2.45) is 0 Å². The van der Waals surface area contributed by atoms with E-state index >= 15 is 0 Å². The molecule has 0 amide bonds. The molecule has 0 aromatic heterocycles. The maximum Gasteiger partial charge on any atom is 0.297 e. The summed E-state index contributed by atoms with van der Waals surface area (Å²) in [6, 6.07) is 15.9. The van der Waals surface area contributed by atoms with E-state index in [2.05, 4.69) is 0 Å². The molecule has 3 aromatic rings. The van der Waals surface area contributed by atoms with Crippen LogP contribution >= 0.6 is 0 Å². The molecule has 0 spiro atoms. The zero-order valence-electron chi connectivity index (χ0n) is 17.0. The summed E-state index contributed by atoms with van der Waals surface area (Å²) >= 11 is 0. The molecule has 0 radical (unpaired) electrons. The first kappa shape index (κ1) is 21.1. The van der Waals surface area contributed by atoms with Crippen LogP contribution in [0, 0.1) is 12.7 Å². The van der Waals surface area contributed by atoms with Crippen LogP contribution in [0.5, 0.6) is 17.2 Å². The maximum absolute atomic E-state index is 13.6. The highest BCUT2D eigenvalue weighted by Gasteiger charge is 2.27. The zero-order valence-corrected chi connectivity index (χ0v) is 17.8. The monoisotopic (exact) mass is 444 g/mol. The fraction of sp³-hybridized carbons (Fsp3) is 0.217. The summed E-state index contributed by atoms with van der Waals surface area (Å²) in [7, 11) is -2.47. The van der Waals surface area contributed by atoms with Crippen LogP contribution in [0.3, 0.4) is 0 Å². The highest BCUT2D eigenvalue weighted by atomic mass is 32.2. The van der Waals surface area contributed by atoms with Gasteiger partial charge in [-0.1, -0.05) is 29.8 Å². The van der Waals surface area contributed by atoms with E-state index in [4.69, 9.17) is 18.4 Å². The minimum Gasteiger partial charge on any atom is -0.496 e. The van der Waals surface area contributed by atoms with Gasteiger partial charge >= 0.3 is 0 Å². The number of halogens is 1. The molecule has 0 bridgehead atoms. The quantitative estimate of drug-likeness (QED) is 0.527. The number of ether oxygens (including phenoxy) is 3. The van der Waals surface area contributed by atoms with E-state index in [0.717, 1.165) is 5.56 Å². The van der Waals surface area contributed by atoms with Crippen LogP contribution in [0.25, 0.3) is 11.1 Å². The molecule has 1 aliphatic heterocycles. The molecule has 0 saturated heterocycles. The van der Waals surface area contributed by atoms with Crippen molar-refractivity contribution >= 4 is 10.1 Å². The lowest BCUT2D eigenvalue weighted by Crippen LogP contribution is -2.34. The van der Waals surface area contributed by atoms with Crippen molar-refractivity contribution in [2.75, 3.05) is 20.3 Å². The number of benzene rings is 3. The molecule has 4 rings (SSSR count). The first-order chi connectivity index (χ1) is 14.9. The number of para-hydroxylation sites is 1. The molecule has 0 fully saturated rings. The van der Waals surface area contributed by atoms with Gasteiger partial charge in [-0.05, 0) is 37.3 Å². The first-order valence-electron chi connectivity index (χ1n) is 9.60. The Bertz CT molecular complexity index is 1190. The van der Waals surface area contributed by atoms with Gasteiger partial charge in [-0.3, -0.25) is 4.18 Å². The van der Waals surface area contributed by atoms with Crippen molar-refractivity contribution in [1.82, 2.24) is 0 Å². The highest BCUT2D eigenvalue weighted by molar-refractivity contribution is 7.86. The van der Waals surface area contributed by atoms with Gasteiger partial charge in [-0.2, -0.15) is 8.42 Å². The van der Waals surface area contributed by atoms with Crippen LogP contribution in [0.4, 0.5) is 4.39 Å². The molecule has 0 unspecified atom stereocenters. The number of hydrogen-bond donors (Lipinski definition) is 0. The van der Waals surface area contributed by atoms with Gasteiger partial charge in [0, 0.05) is 17.2 Å². The summed E-state index contributed by atoms with van der Waals surface area (Å²) in [4.78, 5) is 0.0759.